The normalized spacial score (nSPS) is 31.9. The van der Waals surface area contributed by atoms with Crippen LogP contribution < -0.4 is 5.32 Å². The lowest BCUT2D eigenvalue weighted by atomic mass is 9.49. The minimum atomic E-state index is -0.567. The minimum Gasteiger partial charge on any atom is -0.378 e. The standard InChI is InChI=1S/C24H39N3O4S/c1-17(22(29)26-5-8-31-9-6-26)25-23(30)27(7-10-32-18(2)28)4-3-24-14-19-11-20(15-24)13-21(12-19)16-24/h17,19-21H,3-16H2,1-2H3,(H,25,30)/t17-,19?,20?,21?,24?/m0/s1. The minimum absolute atomic E-state index is 0.0548. The van der Waals surface area contributed by atoms with E-state index >= 15 is 0 Å². The van der Waals surface area contributed by atoms with Gasteiger partial charge in [-0.3, -0.25) is 9.59 Å². The average Bonchev–Trinajstić information content (AvgIpc) is 2.74. The van der Waals surface area contributed by atoms with Crippen LogP contribution in [0.5, 0.6) is 0 Å². The lowest BCUT2D eigenvalue weighted by Crippen LogP contribution is -2.54. The van der Waals surface area contributed by atoms with Gasteiger partial charge in [0.05, 0.1) is 13.2 Å². The molecule has 4 bridgehead atoms. The highest BCUT2D eigenvalue weighted by Crippen LogP contribution is 2.61. The second kappa shape index (κ2) is 10.3. The first-order valence-electron chi connectivity index (χ1n) is 12.4. The van der Waals surface area contributed by atoms with Gasteiger partial charge in [0.2, 0.25) is 5.91 Å². The molecule has 1 atom stereocenters. The molecule has 0 aromatic heterocycles. The Hall–Kier alpha value is -1.28. The molecule has 5 rings (SSSR count). The van der Waals surface area contributed by atoms with Crippen molar-refractivity contribution in [2.45, 2.75) is 64.8 Å². The summed E-state index contributed by atoms with van der Waals surface area (Å²) in [4.78, 5) is 40.9. The number of urea groups is 1. The van der Waals surface area contributed by atoms with E-state index < -0.39 is 6.04 Å². The summed E-state index contributed by atoms with van der Waals surface area (Å²) in [6.45, 7) is 6.80. The Morgan fingerprint density at radius 1 is 1.06 bits per heavy atom. The fourth-order valence-corrected chi connectivity index (χ4v) is 7.58. The van der Waals surface area contributed by atoms with Crippen LogP contribution in [0.1, 0.15) is 58.8 Å². The molecule has 0 aromatic carbocycles. The maximum absolute atomic E-state index is 13.2. The second-order valence-corrected chi connectivity index (χ2v) is 11.9. The summed E-state index contributed by atoms with van der Waals surface area (Å²) in [6.07, 6.45) is 9.26. The van der Waals surface area contributed by atoms with Crippen molar-refractivity contribution in [3.63, 3.8) is 0 Å². The second-order valence-electron chi connectivity index (χ2n) is 10.6. The third kappa shape index (κ3) is 5.79. The van der Waals surface area contributed by atoms with Crippen LogP contribution in [0.3, 0.4) is 0 Å². The molecule has 1 heterocycles. The van der Waals surface area contributed by atoms with Crippen LogP contribution in [0.2, 0.25) is 0 Å². The van der Waals surface area contributed by atoms with Crippen LogP contribution in [-0.2, 0) is 14.3 Å². The first-order valence-corrected chi connectivity index (χ1v) is 13.4. The van der Waals surface area contributed by atoms with Gasteiger partial charge in [-0.25, -0.2) is 4.79 Å². The van der Waals surface area contributed by atoms with E-state index in [9.17, 15) is 14.4 Å². The Morgan fingerprint density at radius 2 is 1.66 bits per heavy atom. The molecule has 0 unspecified atom stereocenters. The van der Waals surface area contributed by atoms with Gasteiger partial charge in [-0.05, 0) is 75.0 Å². The quantitative estimate of drug-likeness (QED) is 0.596. The van der Waals surface area contributed by atoms with Crippen LogP contribution in [0, 0.1) is 23.2 Å². The highest BCUT2D eigenvalue weighted by molar-refractivity contribution is 8.13. The number of hydrogen-bond donors (Lipinski definition) is 1. The lowest BCUT2D eigenvalue weighted by Gasteiger charge is -2.57. The van der Waals surface area contributed by atoms with Crippen LogP contribution >= 0.6 is 11.8 Å². The fourth-order valence-electron chi connectivity index (χ4n) is 6.98. The zero-order chi connectivity index (χ0) is 22.7. The van der Waals surface area contributed by atoms with Crippen LogP contribution in [0.25, 0.3) is 0 Å². The lowest BCUT2D eigenvalue weighted by molar-refractivity contribution is -0.136. The molecule has 1 aliphatic heterocycles. The molecule has 1 saturated heterocycles. The van der Waals surface area contributed by atoms with Gasteiger partial charge in [-0.15, -0.1) is 0 Å². The highest BCUT2D eigenvalue weighted by Gasteiger charge is 2.50. The van der Waals surface area contributed by atoms with Gasteiger partial charge in [-0.2, -0.15) is 0 Å². The van der Waals surface area contributed by atoms with Gasteiger partial charge >= 0.3 is 6.03 Å². The zero-order valence-corrected chi connectivity index (χ0v) is 20.5. The Labute approximate surface area is 196 Å². The number of thioether (sulfide) groups is 1. The molecule has 7 nitrogen and oxygen atoms in total. The van der Waals surface area contributed by atoms with Crippen molar-refractivity contribution in [1.29, 1.82) is 0 Å². The summed E-state index contributed by atoms with van der Waals surface area (Å²) >= 11 is 1.26. The number of carbonyl (C=O) groups excluding carboxylic acids is 3. The Balaban J connectivity index is 1.34. The molecular formula is C24H39N3O4S. The zero-order valence-electron chi connectivity index (χ0n) is 19.6. The molecule has 5 aliphatic rings. The van der Waals surface area contributed by atoms with Gasteiger partial charge in [0.15, 0.2) is 5.12 Å². The van der Waals surface area contributed by atoms with Gasteiger partial charge in [-0.1, -0.05) is 11.8 Å². The Kier molecular flexibility index (Phi) is 7.70. The van der Waals surface area contributed by atoms with E-state index in [0.29, 0.717) is 50.6 Å². The van der Waals surface area contributed by atoms with Gasteiger partial charge in [0.25, 0.3) is 0 Å². The third-order valence-electron chi connectivity index (χ3n) is 8.06. The van der Waals surface area contributed by atoms with E-state index in [-0.39, 0.29) is 17.1 Å². The maximum atomic E-state index is 13.2. The summed E-state index contributed by atoms with van der Waals surface area (Å²) in [5, 5.41) is 3.01. The molecule has 4 aliphatic carbocycles. The monoisotopic (exact) mass is 465 g/mol. The summed E-state index contributed by atoms with van der Waals surface area (Å²) in [5.74, 6) is 3.21. The predicted molar refractivity (Wildman–Crippen MR) is 125 cm³/mol. The topological polar surface area (TPSA) is 79.0 Å². The van der Waals surface area contributed by atoms with Gasteiger partial charge in [0, 0.05) is 38.9 Å². The first-order chi connectivity index (χ1) is 15.3. The molecule has 0 radical (unpaired) electrons. The number of nitrogens with zero attached hydrogens (tertiary/aromatic N) is 2. The van der Waals surface area contributed by atoms with Crippen molar-refractivity contribution in [1.82, 2.24) is 15.1 Å². The van der Waals surface area contributed by atoms with Crippen LogP contribution in [-0.4, -0.2) is 78.0 Å². The number of hydrogen-bond acceptors (Lipinski definition) is 5. The molecule has 8 heteroatoms. The van der Waals surface area contributed by atoms with Crippen molar-refractivity contribution in [2.75, 3.05) is 45.1 Å². The molecule has 3 amide bonds. The summed E-state index contributed by atoms with van der Waals surface area (Å²) in [6, 6.07) is -0.754. The first kappa shape index (κ1) is 23.9. The number of ether oxygens (including phenoxy) is 1. The van der Waals surface area contributed by atoms with E-state index in [1.165, 1.54) is 50.3 Å². The number of amides is 3. The van der Waals surface area contributed by atoms with E-state index in [1.807, 2.05) is 4.90 Å². The smallest absolute Gasteiger partial charge is 0.318 e. The summed E-state index contributed by atoms with van der Waals surface area (Å²) in [7, 11) is 0. The molecule has 32 heavy (non-hydrogen) atoms. The van der Waals surface area contributed by atoms with Crippen molar-refractivity contribution in [2.24, 2.45) is 23.2 Å². The van der Waals surface area contributed by atoms with Crippen LogP contribution in [0.15, 0.2) is 0 Å². The molecule has 0 spiro atoms. The average molecular weight is 466 g/mol. The molecular weight excluding hydrogens is 426 g/mol. The summed E-state index contributed by atoms with van der Waals surface area (Å²) < 4.78 is 5.33. The van der Waals surface area contributed by atoms with E-state index in [1.54, 1.807) is 18.7 Å². The van der Waals surface area contributed by atoms with Gasteiger partial charge in [0.1, 0.15) is 6.04 Å². The predicted octanol–water partition coefficient (Wildman–Crippen LogP) is 3.13. The molecule has 5 fully saturated rings. The number of rotatable bonds is 8. The molecule has 180 valence electrons. The van der Waals surface area contributed by atoms with Crippen LogP contribution in [0.4, 0.5) is 4.79 Å². The Morgan fingerprint density at radius 3 is 2.22 bits per heavy atom. The molecule has 1 N–H and O–H groups in total. The van der Waals surface area contributed by atoms with Crippen molar-refractivity contribution >= 4 is 28.8 Å². The highest BCUT2D eigenvalue weighted by atomic mass is 32.2. The van der Waals surface area contributed by atoms with Crippen molar-refractivity contribution < 1.29 is 19.1 Å². The molecule has 0 aromatic rings. The van der Waals surface area contributed by atoms with Crippen molar-refractivity contribution in [3.8, 4) is 0 Å². The van der Waals surface area contributed by atoms with E-state index in [4.69, 9.17) is 4.74 Å². The molecule has 4 saturated carbocycles. The third-order valence-corrected chi connectivity index (χ3v) is 8.86. The number of nitrogens with one attached hydrogen (secondary N) is 1. The SMILES string of the molecule is CC(=O)SCCN(CCC12CC3CC(CC(C3)C1)C2)C(=O)N[C@@H](C)C(=O)N1CCOCC1. The summed E-state index contributed by atoms with van der Waals surface area (Å²) in [5.41, 5.74) is 0.399. The largest absolute Gasteiger partial charge is 0.378 e. The number of carbonyl (C=O) groups is 3. The maximum Gasteiger partial charge on any atom is 0.318 e. The Bertz CT molecular complexity index is 674. The fraction of sp³-hybridized carbons (Fsp3) is 0.875. The van der Waals surface area contributed by atoms with Gasteiger partial charge < -0.3 is 19.9 Å². The van der Waals surface area contributed by atoms with E-state index in [2.05, 4.69) is 5.32 Å². The van der Waals surface area contributed by atoms with E-state index in [0.717, 1.165) is 24.2 Å². The van der Waals surface area contributed by atoms with Crippen molar-refractivity contribution in [3.05, 3.63) is 0 Å². The number of morpholine rings is 1.